The van der Waals surface area contributed by atoms with Crippen LogP contribution in [-0.2, 0) is 6.42 Å². The van der Waals surface area contributed by atoms with Gasteiger partial charge in [-0.25, -0.2) is 4.39 Å². The first-order valence-electron chi connectivity index (χ1n) is 7.70. The van der Waals surface area contributed by atoms with Crippen LogP contribution in [-0.4, -0.2) is 14.9 Å². The van der Waals surface area contributed by atoms with Crippen molar-refractivity contribution in [2.45, 2.75) is 50.7 Å². The lowest BCUT2D eigenvalue weighted by Gasteiger charge is -2.21. The van der Waals surface area contributed by atoms with Gasteiger partial charge in [-0.15, -0.1) is 0 Å². The van der Waals surface area contributed by atoms with Gasteiger partial charge in [-0.2, -0.15) is 5.10 Å². The second-order valence-corrected chi connectivity index (χ2v) is 5.85. The van der Waals surface area contributed by atoms with Crippen LogP contribution in [0.1, 0.15) is 55.5 Å². The molecule has 21 heavy (non-hydrogen) atoms. The van der Waals surface area contributed by atoms with E-state index in [4.69, 9.17) is 0 Å². The van der Waals surface area contributed by atoms with Crippen LogP contribution in [0.5, 0.6) is 0 Å². The quantitative estimate of drug-likeness (QED) is 0.929. The average Bonchev–Trinajstić information content (AvgIpc) is 2.97. The third-order valence-corrected chi connectivity index (χ3v) is 4.25. The Morgan fingerprint density at radius 2 is 2.05 bits per heavy atom. The maximum Gasteiger partial charge on any atom is 0.123 e. The zero-order valence-electron chi connectivity index (χ0n) is 12.1. The summed E-state index contributed by atoms with van der Waals surface area (Å²) in [6.07, 6.45) is 7.95. The molecule has 1 atom stereocenters. The molecule has 1 aromatic heterocycles. The Kier molecular flexibility index (Phi) is 4.34. The van der Waals surface area contributed by atoms with Crippen molar-refractivity contribution in [2.75, 3.05) is 0 Å². The Bertz CT molecular complexity index is 590. The Hall–Kier alpha value is -1.68. The van der Waals surface area contributed by atoms with Crippen molar-refractivity contribution < 1.29 is 9.50 Å². The highest BCUT2D eigenvalue weighted by Crippen LogP contribution is 2.28. The summed E-state index contributed by atoms with van der Waals surface area (Å²) in [6.45, 7) is 0. The third kappa shape index (κ3) is 3.50. The zero-order valence-corrected chi connectivity index (χ0v) is 12.1. The van der Waals surface area contributed by atoms with E-state index in [1.54, 1.807) is 12.1 Å². The van der Waals surface area contributed by atoms with Gasteiger partial charge in [-0.1, -0.05) is 31.4 Å². The van der Waals surface area contributed by atoms with Crippen LogP contribution in [0.2, 0.25) is 0 Å². The van der Waals surface area contributed by atoms with Gasteiger partial charge in [0.2, 0.25) is 0 Å². The molecule has 0 spiro atoms. The number of aliphatic hydroxyl groups is 1. The van der Waals surface area contributed by atoms with Gasteiger partial charge >= 0.3 is 0 Å². The molecule has 0 aliphatic heterocycles. The van der Waals surface area contributed by atoms with Crippen LogP contribution >= 0.6 is 0 Å². The Labute approximate surface area is 124 Å². The van der Waals surface area contributed by atoms with Crippen LogP contribution in [0.25, 0.3) is 0 Å². The highest BCUT2D eigenvalue weighted by molar-refractivity contribution is 5.20. The second kappa shape index (κ2) is 6.39. The molecule has 1 aliphatic rings. The van der Waals surface area contributed by atoms with Crippen molar-refractivity contribution >= 4 is 0 Å². The molecule has 0 amide bonds. The summed E-state index contributed by atoms with van der Waals surface area (Å²) in [5.41, 5.74) is 1.46. The predicted molar refractivity (Wildman–Crippen MR) is 79.4 cm³/mol. The highest BCUT2D eigenvalue weighted by Gasteiger charge is 2.17. The van der Waals surface area contributed by atoms with E-state index in [2.05, 4.69) is 5.10 Å². The predicted octanol–water partition coefficient (Wildman–Crippen LogP) is 3.80. The molecule has 1 heterocycles. The molecule has 112 valence electrons. The number of hydrogen-bond donors (Lipinski definition) is 1. The summed E-state index contributed by atoms with van der Waals surface area (Å²) in [6, 6.07) is 8.58. The molecule has 4 heteroatoms. The van der Waals surface area contributed by atoms with Crippen LogP contribution in [0, 0.1) is 5.82 Å². The molecule has 0 bridgehead atoms. The van der Waals surface area contributed by atoms with Gasteiger partial charge in [0, 0.05) is 12.6 Å². The minimum Gasteiger partial charge on any atom is -0.388 e. The molecule has 1 N–H and O–H groups in total. The SMILES string of the molecule is OC(Cc1ccn(C2CCCCC2)n1)c1cccc(F)c1. The monoisotopic (exact) mass is 288 g/mol. The lowest BCUT2D eigenvalue weighted by atomic mass is 9.96. The fraction of sp³-hybridized carbons (Fsp3) is 0.471. The number of nitrogens with zero attached hydrogens (tertiary/aromatic N) is 2. The molecule has 2 aromatic rings. The minimum absolute atomic E-state index is 0.320. The van der Waals surface area contributed by atoms with Crippen molar-refractivity contribution in [3.8, 4) is 0 Å². The van der Waals surface area contributed by atoms with Crippen LogP contribution in [0.15, 0.2) is 36.5 Å². The minimum atomic E-state index is -0.713. The van der Waals surface area contributed by atoms with Crippen molar-refractivity contribution in [1.29, 1.82) is 0 Å². The summed E-state index contributed by atoms with van der Waals surface area (Å²) in [4.78, 5) is 0. The summed E-state index contributed by atoms with van der Waals surface area (Å²) < 4.78 is 15.2. The molecule has 3 nitrogen and oxygen atoms in total. The summed E-state index contributed by atoms with van der Waals surface area (Å²) in [5, 5.41) is 14.8. The Balaban J connectivity index is 1.66. The van der Waals surface area contributed by atoms with E-state index in [0.717, 1.165) is 5.69 Å². The number of aromatic nitrogens is 2. The van der Waals surface area contributed by atoms with E-state index in [-0.39, 0.29) is 5.82 Å². The maximum atomic E-state index is 13.2. The third-order valence-electron chi connectivity index (χ3n) is 4.25. The lowest BCUT2D eigenvalue weighted by molar-refractivity contribution is 0.176. The molecule has 3 rings (SSSR count). The molecule has 1 aliphatic carbocycles. The molecule has 1 aromatic carbocycles. The molecule has 0 radical (unpaired) electrons. The first-order valence-corrected chi connectivity index (χ1v) is 7.70. The van der Waals surface area contributed by atoms with E-state index in [0.29, 0.717) is 18.0 Å². The van der Waals surface area contributed by atoms with Crippen LogP contribution in [0.4, 0.5) is 4.39 Å². The van der Waals surface area contributed by atoms with Crippen molar-refractivity contribution in [3.05, 3.63) is 53.6 Å². The van der Waals surface area contributed by atoms with Crippen LogP contribution in [0.3, 0.4) is 0 Å². The first kappa shape index (κ1) is 14.3. The van der Waals surface area contributed by atoms with Gasteiger partial charge in [0.1, 0.15) is 5.82 Å². The average molecular weight is 288 g/mol. The summed E-state index contributed by atoms with van der Waals surface area (Å²) in [7, 11) is 0. The van der Waals surface area contributed by atoms with Crippen molar-refractivity contribution in [2.24, 2.45) is 0 Å². The van der Waals surface area contributed by atoms with Gasteiger partial charge in [0.05, 0.1) is 17.8 Å². The standard InChI is InChI=1S/C17H21FN2O/c18-14-6-4-5-13(11-14)17(21)12-15-9-10-20(19-15)16-7-2-1-3-8-16/h4-6,9-11,16-17,21H,1-3,7-8,12H2. The number of hydrogen-bond acceptors (Lipinski definition) is 2. The molecule has 1 fully saturated rings. The van der Waals surface area contributed by atoms with Crippen molar-refractivity contribution in [1.82, 2.24) is 9.78 Å². The zero-order chi connectivity index (χ0) is 14.7. The second-order valence-electron chi connectivity index (χ2n) is 5.85. The fourth-order valence-electron chi connectivity index (χ4n) is 3.07. The van der Waals surface area contributed by atoms with E-state index in [9.17, 15) is 9.50 Å². The maximum absolute atomic E-state index is 13.2. The van der Waals surface area contributed by atoms with E-state index < -0.39 is 6.10 Å². The molecule has 1 unspecified atom stereocenters. The largest absolute Gasteiger partial charge is 0.388 e. The molecular weight excluding hydrogens is 267 g/mol. The number of rotatable bonds is 4. The van der Waals surface area contributed by atoms with Gasteiger partial charge in [-0.3, -0.25) is 4.68 Å². The van der Waals surface area contributed by atoms with Gasteiger partial charge < -0.3 is 5.11 Å². The molecule has 0 saturated heterocycles. The summed E-state index contributed by atoms with van der Waals surface area (Å²) >= 11 is 0. The molecule has 1 saturated carbocycles. The highest BCUT2D eigenvalue weighted by atomic mass is 19.1. The van der Waals surface area contributed by atoms with E-state index in [1.807, 2.05) is 16.9 Å². The summed E-state index contributed by atoms with van der Waals surface area (Å²) in [5.74, 6) is -0.320. The van der Waals surface area contributed by atoms with Gasteiger partial charge in [0.15, 0.2) is 0 Å². The number of aliphatic hydroxyl groups excluding tert-OH is 1. The Morgan fingerprint density at radius 1 is 1.24 bits per heavy atom. The first-order chi connectivity index (χ1) is 10.2. The smallest absolute Gasteiger partial charge is 0.123 e. The normalized spacial score (nSPS) is 17.8. The Morgan fingerprint density at radius 3 is 2.81 bits per heavy atom. The fourth-order valence-corrected chi connectivity index (χ4v) is 3.07. The number of benzene rings is 1. The molecular formula is C17H21FN2O. The number of halogens is 1. The lowest BCUT2D eigenvalue weighted by Crippen LogP contribution is -2.13. The van der Waals surface area contributed by atoms with Crippen LogP contribution < -0.4 is 0 Å². The van der Waals surface area contributed by atoms with E-state index >= 15 is 0 Å². The van der Waals surface area contributed by atoms with Gasteiger partial charge in [0.25, 0.3) is 0 Å². The van der Waals surface area contributed by atoms with Crippen molar-refractivity contribution in [3.63, 3.8) is 0 Å². The van der Waals surface area contributed by atoms with Gasteiger partial charge in [-0.05, 0) is 36.6 Å². The van der Waals surface area contributed by atoms with E-state index in [1.165, 1.54) is 44.2 Å². The topological polar surface area (TPSA) is 38.0 Å².